The molecule has 2 rings (SSSR count). The summed E-state index contributed by atoms with van der Waals surface area (Å²) in [5.41, 5.74) is 1.60. The number of nitrogens with zero attached hydrogens (tertiary/aromatic N) is 1. The van der Waals surface area contributed by atoms with Crippen LogP contribution in [0.1, 0.15) is 58.7 Å². The molecule has 1 aromatic carbocycles. The van der Waals surface area contributed by atoms with Gasteiger partial charge in [-0.3, -0.25) is 4.79 Å². The van der Waals surface area contributed by atoms with Gasteiger partial charge in [-0.25, -0.2) is 9.78 Å². The fourth-order valence-electron chi connectivity index (χ4n) is 2.26. The molecule has 6 nitrogen and oxygen atoms in total. The number of amides is 1. The van der Waals surface area contributed by atoms with Crippen LogP contribution in [0.4, 0.5) is 0 Å². The third-order valence-corrected chi connectivity index (χ3v) is 4.98. The van der Waals surface area contributed by atoms with Crippen LogP contribution in [0.15, 0.2) is 24.3 Å². The largest absolute Gasteiger partial charge is 0.484 e. The minimum atomic E-state index is -1.01. The molecule has 1 heterocycles. The van der Waals surface area contributed by atoms with E-state index in [9.17, 15) is 9.59 Å². The van der Waals surface area contributed by atoms with Gasteiger partial charge in [-0.15, -0.1) is 11.3 Å². The summed E-state index contributed by atoms with van der Waals surface area (Å²) in [4.78, 5) is 27.6. The number of carbonyl (C=O) groups excluding carboxylic acids is 1. The van der Waals surface area contributed by atoms with Crippen molar-refractivity contribution in [3.05, 3.63) is 45.4 Å². The van der Waals surface area contributed by atoms with Gasteiger partial charge in [0.2, 0.25) is 0 Å². The second kappa shape index (κ2) is 8.11. The van der Waals surface area contributed by atoms with Gasteiger partial charge in [0.15, 0.2) is 6.61 Å². The number of thiazole rings is 1. The Bertz CT molecular complexity index is 770. The molecule has 1 amide bonds. The Kier molecular flexibility index (Phi) is 6.14. The normalized spacial score (nSPS) is 12.0. The Morgan fingerprint density at radius 1 is 1.32 bits per heavy atom. The van der Waals surface area contributed by atoms with Crippen molar-refractivity contribution in [2.45, 2.75) is 39.7 Å². The van der Waals surface area contributed by atoms with Gasteiger partial charge in [-0.05, 0) is 37.5 Å². The zero-order valence-electron chi connectivity index (χ0n) is 14.7. The van der Waals surface area contributed by atoms with Crippen LogP contribution in [0, 0.1) is 6.92 Å². The van der Waals surface area contributed by atoms with Crippen LogP contribution in [0.3, 0.4) is 0 Å². The average Bonchev–Trinajstić information content (AvgIpc) is 2.95. The minimum absolute atomic E-state index is 0.109. The van der Waals surface area contributed by atoms with E-state index in [1.54, 1.807) is 13.8 Å². The third-order valence-electron chi connectivity index (χ3n) is 3.65. The van der Waals surface area contributed by atoms with E-state index in [0.717, 1.165) is 16.9 Å². The lowest BCUT2D eigenvalue weighted by Gasteiger charge is -2.13. The van der Waals surface area contributed by atoms with Crippen molar-refractivity contribution in [2.75, 3.05) is 6.61 Å². The molecule has 25 heavy (non-hydrogen) atoms. The third kappa shape index (κ3) is 5.03. The van der Waals surface area contributed by atoms with Crippen LogP contribution in [0.2, 0.25) is 0 Å². The molecule has 0 aliphatic heterocycles. The van der Waals surface area contributed by atoms with Gasteiger partial charge in [0.1, 0.15) is 15.6 Å². The van der Waals surface area contributed by atoms with Crippen LogP contribution in [0.25, 0.3) is 0 Å². The van der Waals surface area contributed by atoms with Crippen LogP contribution in [-0.2, 0) is 4.79 Å². The Morgan fingerprint density at radius 2 is 2.04 bits per heavy atom. The zero-order chi connectivity index (χ0) is 18.6. The highest BCUT2D eigenvalue weighted by molar-refractivity contribution is 7.13. The Morgan fingerprint density at radius 3 is 2.64 bits per heavy atom. The molecular weight excluding hydrogens is 340 g/mol. The molecule has 0 saturated carbocycles. The van der Waals surface area contributed by atoms with E-state index in [2.05, 4.69) is 24.1 Å². The first-order valence-corrected chi connectivity index (χ1v) is 8.82. The van der Waals surface area contributed by atoms with Crippen LogP contribution >= 0.6 is 11.3 Å². The topological polar surface area (TPSA) is 88.5 Å². The van der Waals surface area contributed by atoms with Crippen molar-refractivity contribution >= 4 is 23.2 Å². The molecular formula is C18H22N2O4S. The fourth-order valence-corrected chi connectivity index (χ4v) is 3.17. The van der Waals surface area contributed by atoms with E-state index >= 15 is 0 Å². The van der Waals surface area contributed by atoms with Gasteiger partial charge >= 0.3 is 5.97 Å². The highest BCUT2D eigenvalue weighted by atomic mass is 32.1. The van der Waals surface area contributed by atoms with Crippen molar-refractivity contribution in [1.29, 1.82) is 0 Å². The van der Waals surface area contributed by atoms with Gasteiger partial charge in [-0.1, -0.05) is 26.0 Å². The van der Waals surface area contributed by atoms with E-state index in [1.807, 2.05) is 24.3 Å². The maximum Gasteiger partial charge on any atom is 0.347 e. The number of hydrogen-bond donors (Lipinski definition) is 2. The number of carboxylic acid groups (broad SMARTS) is 1. The van der Waals surface area contributed by atoms with Gasteiger partial charge in [-0.2, -0.15) is 0 Å². The van der Waals surface area contributed by atoms with Crippen molar-refractivity contribution in [2.24, 2.45) is 0 Å². The number of carbonyl (C=O) groups is 2. The van der Waals surface area contributed by atoms with Crippen LogP contribution < -0.4 is 10.1 Å². The monoisotopic (exact) mass is 362 g/mol. The molecule has 0 aliphatic rings. The summed E-state index contributed by atoms with van der Waals surface area (Å²) in [6.45, 7) is 7.48. The number of benzene rings is 1. The van der Waals surface area contributed by atoms with Crippen LogP contribution in [0.5, 0.6) is 5.75 Å². The molecule has 2 aromatic rings. The fraction of sp³-hybridized carbons (Fsp3) is 0.389. The first-order valence-electron chi connectivity index (χ1n) is 8.00. The molecule has 1 unspecified atom stereocenters. The molecule has 0 bridgehead atoms. The van der Waals surface area contributed by atoms with E-state index < -0.39 is 5.97 Å². The van der Waals surface area contributed by atoms with E-state index in [1.165, 1.54) is 0 Å². The van der Waals surface area contributed by atoms with Crippen molar-refractivity contribution in [3.63, 3.8) is 0 Å². The molecule has 134 valence electrons. The summed E-state index contributed by atoms with van der Waals surface area (Å²) < 4.78 is 5.54. The standard InChI is InChI=1S/C18H22N2O4S/c1-10(2)13-6-5-7-14(8-13)24-9-15(21)19-12(4)17-20-11(3)16(25-17)18(22)23/h5-8,10,12H,9H2,1-4H3,(H,19,21)(H,22,23). The van der Waals surface area contributed by atoms with Gasteiger partial charge < -0.3 is 15.2 Å². The summed E-state index contributed by atoms with van der Waals surface area (Å²) >= 11 is 1.07. The Hall–Kier alpha value is -2.41. The number of nitrogens with one attached hydrogen (secondary N) is 1. The van der Waals surface area contributed by atoms with E-state index in [-0.39, 0.29) is 23.4 Å². The predicted octanol–water partition coefficient (Wildman–Crippen LogP) is 3.53. The number of aromatic nitrogens is 1. The van der Waals surface area contributed by atoms with Gasteiger partial charge in [0.25, 0.3) is 5.91 Å². The molecule has 2 N–H and O–H groups in total. The number of aromatic carboxylic acids is 1. The number of aryl methyl sites for hydroxylation is 1. The highest BCUT2D eigenvalue weighted by Gasteiger charge is 2.19. The lowest BCUT2D eigenvalue weighted by molar-refractivity contribution is -0.123. The number of ether oxygens (including phenoxy) is 1. The van der Waals surface area contributed by atoms with Crippen LogP contribution in [-0.4, -0.2) is 28.6 Å². The molecule has 7 heteroatoms. The molecule has 0 aliphatic carbocycles. The smallest absolute Gasteiger partial charge is 0.347 e. The first kappa shape index (κ1) is 18.9. The van der Waals surface area contributed by atoms with Crippen molar-refractivity contribution in [1.82, 2.24) is 10.3 Å². The molecule has 0 radical (unpaired) electrons. The summed E-state index contributed by atoms with van der Waals surface area (Å²) in [6.07, 6.45) is 0. The zero-order valence-corrected chi connectivity index (χ0v) is 15.5. The Labute approximate surface area is 150 Å². The van der Waals surface area contributed by atoms with E-state index in [4.69, 9.17) is 9.84 Å². The SMILES string of the molecule is Cc1nc(C(C)NC(=O)COc2cccc(C(C)C)c2)sc1C(=O)O. The predicted molar refractivity (Wildman–Crippen MR) is 96.4 cm³/mol. The molecule has 1 aromatic heterocycles. The number of rotatable bonds is 7. The number of carboxylic acids is 1. The highest BCUT2D eigenvalue weighted by Crippen LogP contribution is 2.23. The lowest BCUT2D eigenvalue weighted by atomic mass is 10.0. The second-order valence-electron chi connectivity index (χ2n) is 6.08. The number of hydrogen-bond acceptors (Lipinski definition) is 5. The van der Waals surface area contributed by atoms with Crippen molar-refractivity contribution in [3.8, 4) is 5.75 Å². The lowest BCUT2D eigenvalue weighted by Crippen LogP contribution is -2.31. The van der Waals surface area contributed by atoms with Gasteiger partial charge in [0.05, 0.1) is 11.7 Å². The maximum absolute atomic E-state index is 12.1. The summed E-state index contributed by atoms with van der Waals surface area (Å²) in [7, 11) is 0. The summed E-state index contributed by atoms with van der Waals surface area (Å²) in [5.74, 6) is -0.262. The molecule has 0 saturated heterocycles. The average molecular weight is 362 g/mol. The maximum atomic E-state index is 12.1. The molecule has 0 spiro atoms. The first-order chi connectivity index (χ1) is 11.8. The molecule has 1 atom stereocenters. The van der Waals surface area contributed by atoms with Crippen molar-refractivity contribution < 1.29 is 19.4 Å². The summed E-state index contributed by atoms with van der Waals surface area (Å²) in [5, 5.41) is 12.4. The molecule has 0 fully saturated rings. The minimum Gasteiger partial charge on any atom is -0.484 e. The second-order valence-corrected chi connectivity index (χ2v) is 7.11. The van der Waals surface area contributed by atoms with E-state index in [0.29, 0.717) is 22.4 Å². The summed E-state index contributed by atoms with van der Waals surface area (Å²) in [6, 6.07) is 7.27. The Balaban J connectivity index is 1.92. The quantitative estimate of drug-likeness (QED) is 0.786. The van der Waals surface area contributed by atoms with Gasteiger partial charge in [0, 0.05) is 0 Å².